The number of carbonyl (C=O) groups excluding carboxylic acids is 1. The minimum Gasteiger partial charge on any atom is -0.395 e. The predicted octanol–water partition coefficient (Wildman–Crippen LogP) is 2.76. The highest BCUT2D eigenvalue weighted by molar-refractivity contribution is 5.77. The van der Waals surface area contributed by atoms with Gasteiger partial charge in [0.05, 0.1) is 6.61 Å². The quantitative estimate of drug-likeness (QED) is 0.872. The van der Waals surface area contributed by atoms with Crippen LogP contribution >= 0.6 is 0 Å². The number of fused-ring (bicyclic) bond motifs is 1. The van der Waals surface area contributed by atoms with E-state index in [4.69, 9.17) is 0 Å². The van der Waals surface area contributed by atoms with Gasteiger partial charge in [0.2, 0.25) is 5.91 Å². The summed E-state index contributed by atoms with van der Waals surface area (Å²) in [5, 5.41) is 9.50. The van der Waals surface area contributed by atoms with Crippen molar-refractivity contribution >= 4 is 5.91 Å². The number of carbonyl (C=O) groups is 1. The van der Waals surface area contributed by atoms with Gasteiger partial charge in [-0.05, 0) is 50.2 Å². The first-order chi connectivity index (χ1) is 11.7. The first-order valence-electron chi connectivity index (χ1n) is 9.43. The summed E-state index contributed by atoms with van der Waals surface area (Å²) in [6, 6.07) is 9.37. The second kappa shape index (κ2) is 8.13. The number of rotatable bonds is 6. The van der Waals surface area contributed by atoms with Crippen LogP contribution in [-0.4, -0.2) is 53.1 Å². The molecule has 3 rings (SSSR count). The van der Waals surface area contributed by atoms with Crippen molar-refractivity contribution in [3.8, 4) is 0 Å². The Morgan fingerprint density at radius 2 is 2.08 bits per heavy atom. The topological polar surface area (TPSA) is 43.8 Å². The number of aryl methyl sites for hydroxylation is 1. The van der Waals surface area contributed by atoms with E-state index in [0.717, 1.165) is 38.8 Å². The van der Waals surface area contributed by atoms with E-state index in [1.807, 2.05) is 4.90 Å². The van der Waals surface area contributed by atoms with E-state index in [0.29, 0.717) is 25.0 Å². The van der Waals surface area contributed by atoms with Crippen molar-refractivity contribution in [2.45, 2.75) is 57.5 Å². The van der Waals surface area contributed by atoms with Gasteiger partial charge >= 0.3 is 0 Å². The number of aliphatic hydroxyl groups excluding tert-OH is 1. The van der Waals surface area contributed by atoms with Gasteiger partial charge in [-0.3, -0.25) is 9.69 Å². The fraction of sp³-hybridized carbons (Fsp3) is 0.650. The fourth-order valence-corrected chi connectivity index (χ4v) is 4.35. The zero-order valence-corrected chi connectivity index (χ0v) is 14.8. The molecule has 1 saturated heterocycles. The summed E-state index contributed by atoms with van der Waals surface area (Å²) in [4.78, 5) is 16.9. The number of benzene rings is 1. The fourth-order valence-electron chi connectivity index (χ4n) is 4.35. The Bertz CT molecular complexity index is 560. The molecule has 4 nitrogen and oxygen atoms in total. The summed E-state index contributed by atoms with van der Waals surface area (Å²) >= 11 is 0. The van der Waals surface area contributed by atoms with Crippen LogP contribution in [0.4, 0.5) is 0 Å². The van der Waals surface area contributed by atoms with Gasteiger partial charge in [0.25, 0.3) is 0 Å². The van der Waals surface area contributed by atoms with Crippen molar-refractivity contribution in [2.24, 2.45) is 0 Å². The summed E-state index contributed by atoms with van der Waals surface area (Å²) in [6.45, 7) is 4.58. The lowest BCUT2D eigenvalue weighted by molar-refractivity contribution is -0.132. The van der Waals surface area contributed by atoms with Crippen LogP contribution in [0.1, 0.15) is 56.2 Å². The molecular weight excluding hydrogens is 300 g/mol. The lowest BCUT2D eigenvalue weighted by Crippen LogP contribution is -2.39. The van der Waals surface area contributed by atoms with Gasteiger partial charge < -0.3 is 10.0 Å². The molecule has 2 atom stereocenters. The summed E-state index contributed by atoms with van der Waals surface area (Å²) in [5.74, 6) is 0.270. The maximum Gasteiger partial charge on any atom is 0.224 e. The minimum absolute atomic E-state index is 0.146. The summed E-state index contributed by atoms with van der Waals surface area (Å²) in [5.41, 5.74) is 2.82. The lowest BCUT2D eigenvalue weighted by Gasteiger charge is -2.36. The summed E-state index contributed by atoms with van der Waals surface area (Å²) in [6.07, 6.45) is 6.25. The third-order valence-corrected chi connectivity index (χ3v) is 5.65. The monoisotopic (exact) mass is 330 g/mol. The molecule has 2 unspecified atom stereocenters. The van der Waals surface area contributed by atoms with Crippen LogP contribution in [0, 0.1) is 0 Å². The van der Waals surface area contributed by atoms with Crippen LogP contribution in [-0.2, 0) is 11.2 Å². The Morgan fingerprint density at radius 1 is 1.25 bits per heavy atom. The van der Waals surface area contributed by atoms with E-state index in [9.17, 15) is 9.90 Å². The number of hydrogen-bond acceptors (Lipinski definition) is 3. The highest BCUT2D eigenvalue weighted by Gasteiger charge is 2.28. The molecule has 2 aliphatic rings. The number of aliphatic hydroxyl groups is 1. The normalized spacial score (nSPS) is 23.5. The smallest absolute Gasteiger partial charge is 0.224 e. The molecule has 1 aliphatic heterocycles. The van der Waals surface area contributed by atoms with Crippen molar-refractivity contribution in [1.29, 1.82) is 0 Å². The molecule has 1 aromatic carbocycles. The van der Waals surface area contributed by atoms with Crippen molar-refractivity contribution in [2.75, 3.05) is 26.2 Å². The molecule has 132 valence electrons. The number of likely N-dealkylation sites (tertiary alicyclic amines) is 1. The average molecular weight is 330 g/mol. The molecule has 1 aliphatic carbocycles. The summed E-state index contributed by atoms with van der Waals surface area (Å²) < 4.78 is 0. The summed E-state index contributed by atoms with van der Waals surface area (Å²) in [7, 11) is 0. The molecule has 1 heterocycles. The molecule has 1 fully saturated rings. The maximum atomic E-state index is 12.5. The van der Waals surface area contributed by atoms with E-state index in [1.165, 1.54) is 17.5 Å². The van der Waals surface area contributed by atoms with Gasteiger partial charge in [-0.15, -0.1) is 0 Å². The zero-order valence-electron chi connectivity index (χ0n) is 14.8. The second-order valence-electron chi connectivity index (χ2n) is 7.19. The molecule has 4 heteroatoms. The number of amides is 1. The van der Waals surface area contributed by atoms with Crippen LogP contribution in [0.3, 0.4) is 0 Å². The van der Waals surface area contributed by atoms with E-state index in [1.54, 1.807) is 0 Å². The van der Waals surface area contributed by atoms with Gasteiger partial charge in [0, 0.05) is 38.1 Å². The van der Waals surface area contributed by atoms with Crippen molar-refractivity contribution < 1.29 is 9.90 Å². The Kier molecular flexibility index (Phi) is 5.90. The molecule has 1 amide bonds. The third kappa shape index (κ3) is 3.81. The molecule has 0 aromatic heterocycles. The average Bonchev–Trinajstić information content (AvgIpc) is 3.04. The highest BCUT2D eigenvalue weighted by Crippen LogP contribution is 2.34. The molecule has 0 bridgehead atoms. The van der Waals surface area contributed by atoms with E-state index >= 15 is 0 Å². The molecule has 24 heavy (non-hydrogen) atoms. The van der Waals surface area contributed by atoms with Crippen LogP contribution < -0.4 is 0 Å². The lowest BCUT2D eigenvalue weighted by atomic mass is 9.86. The third-order valence-electron chi connectivity index (χ3n) is 5.65. The van der Waals surface area contributed by atoms with E-state index in [-0.39, 0.29) is 12.5 Å². The van der Waals surface area contributed by atoms with Gasteiger partial charge in [0.1, 0.15) is 0 Å². The predicted molar refractivity (Wildman–Crippen MR) is 95.8 cm³/mol. The second-order valence-corrected chi connectivity index (χ2v) is 7.19. The van der Waals surface area contributed by atoms with E-state index in [2.05, 4.69) is 36.1 Å². The maximum absolute atomic E-state index is 12.5. The van der Waals surface area contributed by atoms with Gasteiger partial charge in [-0.2, -0.15) is 0 Å². The molecule has 0 spiro atoms. The van der Waals surface area contributed by atoms with Crippen LogP contribution in [0.15, 0.2) is 24.3 Å². The largest absolute Gasteiger partial charge is 0.395 e. The standard InChI is InChI=1S/C20H30N2O2/c1-16-6-5-12-22(16)20(24)11-13-21(14-15-23)19-10-4-8-17-7-2-3-9-18(17)19/h2-3,7,9,16,19,23H,4-6,8,10-15H2,1H3. The Hall–Kier alpha value is -1.39. The molecule has 0 radical (unpaired) electrons. The Morgan fingerprint density at radius 3 is 2.83 bits per heavy atom. The molecular formula is C20H30N2O2. The molecule has 1 N–H and O–H groups in total. The van der Waals surface area contributed by atoms with Gasteiger partial charge in [-0.1, -0.05) is 24.3 Å². The van der Waals surface area contributed by atoms with Crippen molar-refractivity contribution in [3.05, 3.63) is 35.4 Å². The number of nitrogens with zero attached hydrogens (tertiary/aromatic N) is 2. The van der Waals surface area contributed by atoms with Crippen molar-refractivity contribution in [1.82, 2.24) is 9.80 Å². The Balaban J connectivity index is 1.66. The zero-order chi connectivity index (χ0) is 16.9. The first kappa shape index (κ1) is 17.4. The SMILES string of the molecule is CC1CCCN1C(=O)CCN(CCO)C1CCCc2ccccc21. The van der Waals surface area contributed by atoms with Gasteiger partial charge in [-0.25, -0.2) is 0 Å². The van der Waals surface area contributed by atoms with Crippen LogP contribution in [0.25, 0.3) is 0 Å². The highest BCUT2D eigenvalue weighted by atomic mass is 16.3. The Labute approximate surface area is 145 Å². The number of hydrogen-bond donors (Lipinski definition) is 1. The molecule has 0 saturated carbocycles. The van der Waals surface area contributed by atoms with Crippen LogP contribution in [0.2, 0.25) is 0 Å². The van der Waals surface area contributed by atoms with Crippen molar-refractivity contribution in [3.63, 3.8) is 0 Å². The van der Waals surface area contributed by atoms with Crippen LogP contribution in [0.5, 0.6) is 0 Å². The van der Waals surface area contributed by atoms with E-state index < -0.39 is 0 Å². The first-order valence-corrected chi connectivity index (χ1v) is 9.43. The minimum atomic E-state index is 0.146. The molecule has 1 aromatic rings. The van der Waals surface area contributed by atoms with Gasteiger partial charge in [0.15, 0.2) is 0 Å².